The number of rotatable bonds is 10. The number of ether oxygens (including phenoxy) is 1. The molecule has 2 rings (SSSR count). The molecular formula is C19H29N3O4. The van der Waals surface area contributed by atoms with Gasteiger partial charge < -0.3 is 20.1 Å². The lowest BCUT2D eigenvalue weighted by molar-refractivity contribution is -0.139. The van der Waals surface area contributed by atoms with E-state index >= 15 is 0 Å². The van der Waals surface area contributed by atoms with E-state index in [9.17, 15) is 9.59 Å². The molecule has 1 saturated carbocycles. The Morgan fingerprint density at radius 1 is 1.27 bits per heavy atom. The minimum absolute atomic E-state index is 0.0514. The molecule has 1 fully saturated rings. The van der Waals surface area contributed by atoms with Crippen molar-refractivity contribution >= 4 is 12.0 Å². The number of carboxylic acids is 1. The standard InChI is InChI=1S/C19H29N3O4/c1-3-21(14-18(23)24)17-11-16(12-17)20-19(25)22(9-10-26-2)13-15-7-5-4-6-8-15/h4-8,16-17H,3,9-14H2,1-2H3,(H,20,25)(H,23,24). The highest BCUT2D eigenvalue weighted by molar-refractivity contribution is 5.74. The summed E-state index contributed by atoms with van der Waals surface area (Å²) in [6.07, 6.45) is 1.58. The molecule has 1 aromatic rings. The van der Waals surface area contributed by atoms with Gasteiger partial charge in [-0.1, -0.05) is 37.3 Å². The fraction of sp³-hybridized carbons (Fsp3) is 0.579. The molecule has 0 heterocycles. The number of carboxylic acid groups (broad SMARTS) is 1. The predicted octanol–water partition coefficient (Wildman–Crippen LogP) is 1.78. The zero-order valence-corrected chi connectivity index (χ0v) is 15.6. The van der Waals surface area contributed by atoms with Crippen molar-refractivity contribution in [3.05, 3.63) is 35.9 Å². The minimum Gasteiger partial charge on any atom is -0.480 e. The summed E-state index contributed by atoms with van der Waals surface area (Å²) in [6.45, 7) is 4.25. The normalized spacial score (nSPS) is 19.0. The summed E-state index contributed by atoms with van der Waals surface area (Å²) in [7, 11) is 1.62. The van der Waals surface area contributed by atoms with Gasteiger partial charge in [0.05, 0.1) is 13.2 Å². The molecule has 1 aliphatic rings. The van der Waals surface area contributed by atoms with Crippen LogP contribution in [0.25, 0.3) is 0 Å². The molecule has 7 nitrogen and oxygen atoms in total. The van der Waals surface area contributed by atoms with Crippen molar-refractivity contribution in [1.82, 2.24) is 15.1 Å². The first-order valence-electron chi connectivity index (χ1n) is 9.07. The Morgan fingerprint density at radius 2 is 1.96 bits per heavy atom. The third-order valence-electron chi connectivity index (χ3n) is 4.77. The van der Waals surface area contributed by atoms with Gasteiger partial charge in [-0.05, 0) is 24.9 Å². The van der Waals surface area contributed by atoms with Crippen molar-refractivity contribution in [3.8, 4) is 0 Å². The summed E-state index contributed by atoms with van der Waals surface area (Å²) in [5, 5.41) is 12.0. The first-order chi connectivity index (χ1) is 12.5. The molecule has 144 valence electrons. The highest BCUT2D eigenvalue weighted by Gasteiger charge is 2.35. The number of aliphatic carboxylic acids is 1. The van der Waals surface area contributed by atoms with E-state index in [1.165, 1.54) is 0 Å². The van der Waals surface area contributed by atoms with Crippen LogP contribution in [0.4, 0.5) is 4.79 Å². The number of carbonyl (C=O) groups excluding carboxylic acids is 1. The zero-order valence-electron chi connectivity index (χ0n) is 15.6. The molecule has 0 radical (unpaired) electrons. The van der Waals surface area contributed by atoms with Crippen LogP contribution in [0.2, 0.25) is 0 Å². The third-order valence-corrected chi connectivity index (χ3v) is 4.77. The number of likely N-dealkylation sites (N-methyl/N-ethyl adjacent to an activating group) is 1. The van der Waals surface area contributed by atoms with E-state index in [0.29, 0.717) is 26.2 Å². The van der Waals surface area contributed by atoms with E-state index in [2.05, 4.69) is 5.32 Å². The Kier molecular flexibility index (Phi) is 7.87. The van der Waals surface area contributed by atoms with Crippen molar-refractivity contribution in [2.75, 3.05) is 33.4 Å². The Labute approximate surface area is 154 Å². The van der Waals surface area contributed by atoms with Crippen LogP contribution in [0.3, 0.4) is 0 Å². The summed E-state index contributed by atoms with van der Waals surface area (Å²) < 4.78 is 5.12. The molecule has 0 saturated heterocycles. The summed E-state index contributed by atoms with van der Waals surface area (Å²) in [5.41, 5.74) is 1.07. The molecule has 26 heavy (non-hydrogen) atoms. The SMILES string of the molecule is CCN(CC(=O)O)C1CC(NC(=O)N(CCOC)Cc2ccccc2)C1. The fourth-order valence-corrected chi connectivity index (χ4v) is 3.20. The third kappa shape index (κ3) is 6.00. The molecule has 2 amide bonds. The molecular weight excluding hydrogens is 334 g/mol. The summed E-state index contributed by atoms with van der Waals surface area (Å²) in [4.78, 5) is 27.2. The molecule has 0 aliphatic heterocycles. The monoisotopic (exact) mass is 363 g/mol. The number of amides is 2. The highest BCUT2D eigenvalue weighted by atomic mass is 16.5. The van der Waals surface area contributed by atoms with Crippen LogP contribution in [0, 0.1) is 0 Å². The molecule has 1 aromatic carbocycles. The van der Waals surface area contributed by atoms with E-state index in [1.54, 1.807) is 12.0 Å². The maximum absolute atomic E-state index is 12.6. The van der Waals surface area contributed by atoms with Crippen molar-refractivity contribution in [2.24, 2.45) is 0 Å². The summed E-state index contributed by atoms with van der Waals surface area (Å²) >= 11 is 0. The molecule has 1 aliphatic carbocycles. The van der Waals surface area contributed by atoms with E-state index in [0.717, 1.165) is 18.4 Å². The van der Waals surface area contributed by atoms with Crippen LogP contribution in [0.15, 0.2) is 30.3 Å². The fourth-order valence-electron chi connectivity index (χ4n) is 3.20. The van der Waals surface area contributed by atoms with E-state index in [4.69, 9.17) is 9.84 Å². The van der Waals surface area contributed by atoms with Gasteiger partial charge in [-0.2, -0.15) is 0 Å². The number of benzene rings is 1. The number of nitrogens with zero attached hydrogens (tertiary/aromatic N) is 2. The van der Waals surface area contributed by atoms with Crippen LogP contribution in [-0.4, -0.2) is 72.3 Å². The van der Waals surface area contributed by atoms with Gasteiger partial charge >= 0.3 is 12.0 Å². The van der Waals surface area contributed by atoms with Crippen molar-refractivity contribution in [1.29, 1.82) is 0 Å². The Hall–Kier alpha value is -2.12. The Balaban J connectivity index is 1.84. The number of hydrogen-bond donors (Lipinski definition) is 2. The molecule has 0 aromatic heterocycles. The van der Waals surface area contributed by atoms with Gasteiger partial charge in [0, 0.05) is 32.3 Å². The minimum atomic E-state index is -0.812. The van der Waals surface area contributed by atoms with E-state index in [1.807, 2.05) is 42.2 Å². The molecule has 0 atom stereocenters. The van der Waals surface area contributed by atoms with Gasteiger partial charge in [-0.3, -0.25) is 9.69 Å². The Morgan fingerprint density at radius 3 is 2.54 bits per heavy atom. The highest BCUT2D eigenvalue weighted by Crippen LogP contribution is 2.25. The quantitative estimate of drug-likeness (QED) is 0.662. The molecule has 2 N–H and O–H groups in total. The van der Waals surface area contributed by atoms with Crippen LogP contribution in [-0.2, 0) is 16.1 Å². The molecule has 7 heteroatoms. The van der Waals surface area contributed by atoms with Crippen LogP contribution in [0.5, 0.6) is 0 Å². The van der Waals surface area contributed by atoms with Gasteiger partial charge in [0.15, 0.2) is 0 Å². The van der Waals surface area contributed by atoms with E-state index < -0.39 is 5.97 Å². The largest absolute Gasteiger partial charge is 0.480 e. The molecule has 0 spiro atoms. The lowest BCUT2D eigenvalue weighted by atomic mass is 9.85. The van der Waals surface area contributed by atoms with Gasteiger partial charge in [-0.25, -0.2) is 4.79 Å². The van der Waals surface area contributed by atoms with Crippen molar-refractivity contribution < 1.29 is 19.4 Å². The van der Waals surface area contributed by atoms with Crippen molar-refractivity contribution in [3.63, 3.8) is 0 Å². The van der Waals surface area contributed by atoms with Crippen LogP contribution in [0.1, 0.15) is 25.3 Å². The van der Waals surface area contributed by atoms with Gasteiger partial charge in [0.25, 0.3) is 0 Å². The second kappa shape index (κ2) is 10.1. The number of carbonyl (C=O) groups is 2. The topological polar surface area (TPSA) is 82.1 Å². The number of urea groups is 1. The predicted molar refractivity (Wildman–Crippen MR) is 99.0 cm³/mol. The first kappa shape index (κ1) is 20.2. The molecule has 0 unspecified atom stereocenters. The maximum Gasteiger partial charge on any atom is 0.317 e. The second-order valence-corrected chi connectivity index (χ2v) is 6.63. The number of methoxy groups -OCH3 is 1. The number of nitrogens with one attached hydrogen (secondary N) is 1. The average Bonchev–Trinajstić information content (AvgIpc) is 2.60. The summed E-state index contributed by atoms with van der Waals surface area (Å²) in [5.74, 6) is -0.812. The van der Waals surface area contributed by atoms with Gasteiger partial charge in [0.1, 0.15) is 0 Å². The van der Waals surface area contributed by atoms with Crippen LogP contribution < -0.4 is 5.32 Å². The van der Waals surface area contributed by atoms with E-state index in [-0.39, 0.29) is 24.7 Å². The average molecular weight is 363 g/mol. The second-order valence-electron chi connectivity index (χ2n) is 6.63. The van der Waals surface area contributed by atoms with Gasteiger partial charge in [-0.15, -0.1) is 0 Å². The Bertz CT molecular complexity index is 575. The van der Waals surface area contributed by atoms with Crippen LogP contribution >= 0.6 is 0 Å². The summed E-state index contributed by atoms with van der Waals surface area (Å²) in [6, 6.07) is 10.1. The first-order valence-corrected chi connectivity index (χ1v) is 9.07. The smallest absolute Gasteiger partial charge is 0.317 e. The maximum atomic E-state index is 12.6. The zero-order chi connectivity index (χ0) is 18.9. The van der Waals surface area contributed by atoms with Crippen molar-refractivity contribution in [2.45, 2.75) is 38.4 Å². The molecule has 0 bridgehead atoms. The number of hydrogen-bond acceptors (Lipinski definition) is 4. The lowest BCUT2D eigenvalue weighted by Crippen LogP contribution is -2.57. The lowest BCUT2D eigenvalue weighted by Gasteiger charge is -2.42. The van der Waals surface area contributed by atoms with Gasteiger partial charge in [0.2, 0.25) is 0 Å².